The minimum atomic E-state index is -2.22. The number of hydrogen-bond acceptors (Lipinski definition) is 14. The van der Waals surface area contributed by atoms with E-state index in [9.17, 15) is 29.1 Å². The van der Waals surface area contributed by atoms with Crippen molar-refractivity contribution in [1.29, 1.82) is 0 Å². The van der Waals surface area contributed by atoms with Crippen LogP contribution in [0.2, 0.25) is 0 Å². The number of hydrogen-bond donors (Lipinski definition) is 1. The number of methoxy groups -OCH3 is 1. The molecule has 266 valence electrons. The highest BCUT2D eigenvalue weighted by Gasteiger charge is 2.83. The number of Topliss-reactive ketones (excluding diaryl/α,β-unsaturated/α-hetero) is 1. The molecule has 0 amide bonds. The van der Waals surface area contributed by atoms with E-state index in [4.69, 9.17) is 32.8 Å². The zero-order valence-electron chi connectivity index (χ0n) is 28.7. The number of carbonyl (C=O) groups excluding carboxylic acids is 6. The van der Waals surface area contributed by atoms with Crippen molar-refractivity contribution < 1.29 is 66.7 Å². The van der Waals surface area contributed by atoms with Crippen LogP contribution in [0.3, 0.4) is 0 Å². The lowest BCUT2D eigenvalue weighted by molar-refractivity contribution is -0.316. The van der Waals surface area contributed by atoms with E-state index in [2.05, 4.69) is 13.2 Å². The number of aliphatic hydroxyl groups is 1. The monoisotopic (exact) mass is 686 g/mol. The number of rotatable bonds is 7. The minimum absolute atomic E-state index is 0.0267. The van der Waals surface area contributed by atoms with E-state index in [1.165, 1.54) is 46.5 Å². The minimum Gasteiger partial charge on any atom is -0.472 e. The molecule has 1 unspecified atom stereocenters. The summed E-state index contributed by atoms with van der Waals surface area (Å²) < 4.78 is 40.7. The quantitative estimate of drug-likeness (QED) is 0.191. The van der Waals surface area contributed by atoms with Crippen LogP contribution in [0.15, 0.2) is 47.3 Å². The van der Waals surface area contributed by atoms with Gasteiger partial charge in [-0.2, -0.15) is 0 Å². The molecule has 5 rings (SSSR count). The summed E-state index contributed by atoms with van der Waals surface area (Å²) in [6.45, 7) is 17.8. The van der Waals surface area contributed by atoms with Crippen LogP contribution < -0.4 is 0 Å². The maximum absolute atomic E-state index is 15.4. The number of fused-ring (bicyclic) bond motifs is 2. The number of ether oxygens (including phenoxy) is 6. The molecule has 4 aliphatic rings. The highest BCUT2D eigenvalue weighted by atomic mass is 16.6. The van der Waals surface area contributed by atoms with Gasteiger partial charge in [0.25, 0.3) is 0 Å². The molecule has 1 N–H and O–H groups in total. The van der Waals surface area contributed by atoms with Crippen LogP contribution in [-0.4, -0.2) is 84.0 Å². The number of aliphatic hydroxyl groups excluding tert-OH is 1. The van der Waals surface area contributed by atoms with Gasteiger partial charge in [-0.25, -0.2) is 9.59 Å². The van der Waals surface area contributed by atoms with Gasteiger partial charge in [0, 0.05) is 30.4 Å². The lowest BCUT2D eigenvalue weighted by Gasteiger charge is -2.62. The maximum atomic E-state index is 15.4. The van der Waals surface area contributed by atoms with Gasteiger partial charge in [-0.3, -0.25) is 19.2 Å². The Bertz CT molecular complexity index is 1620. The standard InChI is InChI=1S/C35H42O14/c1-15(2)30(41)47-23-27(45-17(4)36)32(6,7)20(13-21(38)43-10)33(8)24(39)22-16(3)35(49-28(23)33)29(46-18(5)37)31(42)48-26(19-11-12-44-14-19)34(35,9)25(22)40/h11-12,14,20,22-23,25-29,40H,1,3,13H2,2,4-10H3/t20?,22-,23-,25-,26-,27-,28-,29+,33-,34-,35+/m0/s1. The van der Waals surface area contributed by atoms with Crippen LogP contribution in [0.1, 0.15) is 66.6 Å². The Balaban J connectivity index is 1.87. The lowest BCUT2D eigenvalue weighted by Crippen LogP contribution is -2.74. The van der Waals surface area contributed by atoms with Crippen LogP contribution in [0.5, 0.6) is 0 Å². The van der Waals surface area contributed by atoms with E-state index in [0.717, 1.165) is 13.8 Å². The van der Waals surface area contributed by atoms with Gasteiger partial charge in [-0.05, 0) is 38.3 Å². The molecule has 1 aromatic heterocycles. The molecule has 11 atom stereocenters. The second kappa shape index (κ2) is 11.9. The first kappa shape index (κ1) is 36.0. The van der Waals surface area contributed by atoms with Crippen LogP contribution >= 0.6 is 0 Å². The van der Waals surface area contributed by atoms with Crippen molar-refractivity contribution in [1.82, 2.24) is 0 Å². The van der Waals surface area contributed by atoms with Gasteiger partial charge in [-0.15, -0.1) is 0 Å². The Morgan fingerprint density at radius 1 is 1.00 bits per heavy atom. The Labute approximate surface area is 283 Å². The fourth-order valence-corrected chi connectivity index (χ4v) is 8.90. The number of carbonyl (C=O) groups is 6. The second-order valence-corrected chi connectivity index (χ2v) is 14.3. The summed E-state index contributed by atoms with van der Waals surface area (Å²) in [4.78, 5) is 80.9. The fraction of sp³-hybridized carbons (Fsp3) is 0.600. The molecule has 3 heterocycles. The lowest BCUT2D eigenvalue weighted by atomic mass is 9.49. The van der Waals surface area contributed by atoms with Gasteiger partial charge in [0.15, 0.2) is 11.9 Å². The third-order valence-electron chi connectivity index (χ3n) is 11.2. The molecular formula is C35H42O14. The molecule has 2 saturated heterocycles. The Kier molecular flexibility index (Phi) is 8.77. The van der Waals surface area contributed by atoms with E-state index in [1.807, 2.05) is 0 Å². The molecule has 49 heavy (non-hydrogen) atoms. The Morgan fingerprint density at radius 3 is 2.16 bits per heavy atom. The molecule has 2 bridgehead atoms. The first-order chi connectivity index (χ1) is 22.7. The highest BCUT2D eigenvalue weighted by molar-refractivity contribution is 5.95. The number of ketones is 1. The first-order valence-electron chi connectivity index (χ1n) is 15.8. The number of esters is 5. The predicted molar refractivity (Wildman–Crippen MR) is 165 cm³/mol. The topological polar surface area (TPSA) is 191 Å². The molecular weight excluding hydrogens is 644 g/mol. The summed E-state index contributed by atoms with van der Waals surface area (Å²) in [7, 11) is 1.18. The molecule has 0 radical (unpaired) electrons. The van der Waals surface area contributed by atoms with Crippen LogP contribution in [0.4, 0.5) is 0 Å². The smallest absolute Gasteiger partial charge is 0.351 e. The average Bonchev–Trinajstić information content (AvgIpc) is 3.59. The Hall–Kier alpha value is -4.30. The summed E-state index contributed by atoms with van der Waals surface area (Å²) in [5.41, 5.74) is -6.98. The van der Waals surface area contributed by atoms with Crippen LogP contribution in [0, 0.1) is 28.1 Å². The highest BCUT2D eigenvalue weighted by Crippen LogP contribution is 2.71. The van der Waals surface area contributed by atoms with Gasteiger partial charge in [0.05, 0.1) is 48.9 Å². The summed E-state index contributed by atoms with van der Waals surface area (Å²) in [6, 6.07) is 1.50. The largest absolute Gasteiger partial charge is 0.472 e. The summed E-state index contributed by atoms with van der Waals surface area (Å²) >= 11 is 0. The van der Waals surface area contributed by atoms with E-state index >= 15 is 4.79 Å². The van der Waals surface area contributed by atoms with Crippen molar-refractivity contribution in [2.24, 2.45) is 28.1 Å². The SMILES string of the molecule is C=C(C)C(=O)O[C@H]1[C@H](OC(C)=O)C(C)(C)C(CC(=O)OC)[C@@]2(C)C(=O)[C@@H]3C(=C)[C@@]4(O[C@@H]12)[C@H](OC(C)=O)C(=O)O[C@@H](c1ccoc1)[C@]4(C)[C@H]3O. The second-order valence-electron chi connectivity index (χ2n) is 14.3. The molecule has 1 aromatic rings. The normalized spacial score (nSPS) is 39.0. The summed E-state index contributed by atoms with van der Waals surface area (Å²) in [5, 5.41) is 12.3. The van der Waals surface area contributed by atoms with Crippen molar-refractivity contribution in [3.8, 4) is 0 Å². The van der Waals surface area contributed by atoms with Crippen LogP contribution in [0.25, 0.3) is 0 Å². The fourth-order valence-electron chi connectivity index (χ4n) is 8.90. The van der Waals surface area contributed by atoms with Crippen molar-refractivity contribution in [2.45, 2.75) is 97.1 Å². The molecule has 4 fully saturated rings. The molecule has 0 aromatic carbocycles. The third-order valence-corrected chi connectivity index (χ3v) is 11.2. The van der Waals surface area contributed by atoms with Crippen LogP contribution in [-0.2, 0) is 57.2 Å². The van der Waals surface area contributed by atoms with Gasteiger partial charge in [0.1, 0.15) is 23.9 Å². The van der Waals surface area contributed by atoms with Crippen molar-refractivity contribution >= 4 is 35.6 Å². The van der Waals surface area contributed by atoms with E-state index in [1.54, 1.807) is 13.8 Å². The molecule has 2 aliphatic heterocycles. The van der Waals surface area contributed by atoms with E-state index in [0.29, 0.717) is 5.56 Å². The summed E-state index contributed by atoms with van der Waals surface area (Å²) in [5.74, 6) is -7.57. The van der Waals surface area contributed by atoms with E-state index in [-0.39, 0.29) is 11.1 Å². The van der Waals surface area contributed by atoms with Crippen molar-refractivity contribution in [3.63, 3.8) is 0 Å². The zero-order chi connectivity index (χ0) is 36.6. The van der Waals surface area contributed by atoms with Crippen molar-refractivity contribution in [3.05, 3.63) is 48.5 Å². The molecule has 2 aliphatic carbocycles. The first-order valence-corrected chi connectivity index (χ1v) is 15.8. The number of cyclic esters (lactones) is 1. The number of furan rings is 1. The average molecular weight is 687 g/mol. The summed E-state index contributed by atoms with van der Waals surface area (Å²) in [6.07, 6.45) is -7.21. The molecule has 1 spiro atoms. The Morgan fingerprint density at radius 2 is 1.63 bits per heavy atom. The predicted octanol–water partition coefficient (Wildman–Crippen LogP) is 2.71. The van der Waals surface area contributed by atoms with Gasteiger partial charge in [-0.1, -0.05) is 27.0 Å². The molecule has 14 nitrogen and oxygen atoms in total. The maximum Gasteiger partial charge on any atom is 0.351 e. The molecule has 2 saturated carbocycles. The van der Waals surface area contributed by atoms with E-state index < -0.39 is 112 Å². The van der Waals surface area contributed by atoms with Gasteiger partial charge >= 0.3 is 29.8 Å². The third kappa shape index (κ3) is 4.89. The molecule has 14 heteroatoms. The zero-order valence-corrected chi connectivity index (χ0v) is 28.7. The van der Waals surface area contributed by atoms with Gasteiger partial charge < -0.3 is 37.9 Å². The van der Waals surface area contributed by atoms with Gasteiger partial charge in [0.2, 0.25) is 6.10 Å². The van der Waals surface area contributed by atoms with Crippen molar-refractivity contribution in [2.75, 3.05) is 7.11 Å².